The van der Waals surface area contributed by atoms with Gasteiger partial charge in [-0.2, -0.15) is 0 Å². The van der Waals surface area contributed by atoms with Crippen LogP contribution in [0.1, 0.15) is 6.92 Å². The van der Waals surface area contributed by atoms with Gasteiger partial charge in [-0.25, -0.2) is 0 Å². The maximum atomic E-state index is 11.8. The highest BCUT2D eigenvalue weighted by atomic mass is 16.6. The lowest BCUT2D eigenvalue weighted by Crippen LogP contribution is -2.20. The molecule has 0 aliphatic rings. The van der Waals surface area contributed by atoms with Crippen molar-refractivity contribution in [2.24, 2.45) is 0 Å². The van der Waals surface area contributed by atoms with Gasteiger partial charge >= 0.3 is 0 Å². The van der Waals surface area contributed by atoms with Crippen molar-refractivity contribution in [3.63, 3.8) is 0 Å². The van der Waals surface area contributed by atoms with Crippen LogP contribution < -0.4 is 14.8 Å². The molecule has 0 radical (unpaired) electrons. The first-order chi connectivity index (χ1) is 11.1. The number of nitrogens with one attached hydrogen (secondary N) is 1. The van der Waals surface area contributed by atoms with Crippen LogP contribution in [0.5, 0.6) is 11.5 Å². The molecule has 2 rings (SSSR count). The largest absolute Gasteiger partial charge is 0.494 e. The zero-order chi connectivity index (χ0) is 16.7. The molecule has 23 heavy (non-hydrogen) atoms. The second-order valence-electron chi connectivity index (χ2n) is 4.55. The van der Waals surface area contributed by atoms with Crippen molar-refractivity contribution >= 4 is 17.3 Å². The number of carbonyl (C=O) groups excluding carboxylic acids is 1. The van der Waals surface area contributed by atoms with Crippen LogP contribution in [0.2, 0.25) is 0 Å². The summed E-state index contributed by atoms with van der Waals surface area (Å²) in [4.78, 5) is 21.9. The summed E-state index contributed by atoms with van der Waals surface area (Å²) >= 11 is 0. The second kappa shape index (κ2) is 7.79. The van der Waals surface area contributed by atoms with E-state index < -0.39 is 4.92 Å². The number of rotatable bonds is 7. The van der Waals surface area contributed by atoms with Crippen molar-refractivity contribution in [1.29, 1.82) is 0 Å². The lowest BCUT2D eigenvalue weighted by Gasteiger charge is -2.09. The van der Waals surface area contributed by atoms with E-state index in [0.717, 1.165) is 0 Å². The van der Waals surface area contributed by atoms with E-state index in [9.17, 15) is 14.9 Å². The van der Waals surface area contributed by atoms with Gasteiger partial charge in [-0.1, -0.05) is 6.07 Å². The van der Waals surface area contributed by atoms with Gasteiger partial charge in [0.2, 0.25) is 0 Å². The Morgan fingerprint density at radius 2 is 1.87 bits per heavy atom. The molecule has 0 unspecified atom stereocenters. The van der Waals surface area contributed by atoms with Gasteiger partial charge in [0.25, 0.3) is 11.6 Å². The van der Waals surface area contributed by atoms with Crippen LogP contribution in [0.15, 0.2) is 48.5 Å². The molecule has 1 amide bonds. The van der Waals surface area contributed by atoms with Crippen molar-refractivity contribution < 1.29 is 19.2 Å². The van der Waals surface area contributed by atoms with Gasteiger partial charge in [-0.05, 0) is 31.2 Å². The third-order valence-corrected chi connectivity index (χ3v) is 2.85. The van der Waals surface area contributed by atoms with E-state index in [1.807, 2.05) is 6.92 Å². The normalized spacial score (nSPS) is 9.96. The number of nitro groups is 1. The van der Waals surface area contributed by atoms with Gasteiger partial charge in [0.15, 0.2) is 6.61 Å². The monoisotopic (exact) mass is 316 g/mol. The summed E-state index contributed by atoms with van der Waals surface area (Å²) in [7, 11) is 0. The molecule has 0 bridgehead atoms. The molecule has 0 atom stereocenters. The molecule has 0 heterocycles. The number of ether oxygens (including phenoxy) is 2. The van der Waals surface area contributed by atoms with E-state index >= 15 is 0 Å². The molecule has 0 aliphatic carbocycles. The number of hydrogen-bond donors (Lipinski definition) is 1. The molecule has 2 aromatic carbocycles. The smallest absolute Gasteiger partial charge is 0.269 e. The molecule has 0 saturated carbocycles. The molecular weight excluding hydrogens is 300 g/mol. The molecular formula is C16H16N2O5. The van der Waals surface area contributed by atoms with Gasteiger partial charge < -0.3 is 14.8 Å². The van der Waals surface area contributed by atoms with Gasteiger partial charge in [-0.3, -0.25) is 14.9 Å². The van der Waals surface area contributed by atoms with Crippen LogP contribution in [-0.4, -0.2) is 24.0 Å². The molecule has 7 heteroatoms. The summed E-state index contributed by atoms with van der Waals surface area (Å²) in [5, 5.41) is 13.2. The number of benzene rings is 2. The molecule has 0 saturated heterocycles. The van der Waals surface area contributed by atoms with E-state index in [0.29, 0.717) is 23.8 Å². The highest BCUT2D eigenvalue weighted by Crippen LogP contribution is 2.18. The van der Waals surface area contributed by atoms with Crippen molar-refractivity contribution in [2.75, 3.05) is 18.5 Å². The maximum absolute atomic E-state index is 11.8. The van der Waals surface area contributed by atoms with Gasteiger partial charge in [0.05, 0.1) is 11.5 Å². The number of non-ortho nitro benzene ring substituents is 1. The minimum Gasteiger partial charge on any atom is -0.494 e. The highest BCUT2D eigenvalue weighted by Gasteiger charge is 2.07. The Labute approximate surface area is 133 Å². The standard InChI is InChI=1S/C16H16N2O5/c1-2-22-15-5-3-4-12(10-15)17-16(19)11-23-14-8-6-13(7-9-14)18(20)21/h3-10H,2,11H2,1H3,(H,17,19). The summed E-state index contributed by atoms with van der Waals surface area (Å²) in [5.74, 6) is 0.715. The summed E-state index contributed by atoms with van der Waals surface area (Å²) in [5.41, 5.74) is 0.572. The molecule has 0 fully saturated rings. The highest BCUT2D eigenvalue weighted by molar-refractivity contribution is 5.92. The zero-order valence-corrected chi connectivity index (χ0v) is 12.5. The molecule has 2 aromatic rings. The summed E-state index contributed by atoms with van der Waals surface area (Å²) in [6, 6.07) is 12.6. The quantitative estimate of drug-likeness (QED) is 0.626. The minimum atomic E-state index is -0.498. The van der Waals surface area contributed by atoms with Crippen molar-refractivity contribution in [1.82, 2.24) is 0 Å². The lowest BCUT2D eigenvalue weighted by molar-refractivity contribution is -0.384. The Bertz CT molecular complexity index is 685. The van der Waals surface area contributed by atoms with Crippen LogP contribution in [0, 0.1) is 10.1 Å². The van der Waals surface area contributed by atoms with Crippen molar-refractivity contribution in [3.05, 3.63) is 58.6 Å². The predicted molar refractivity (Wildman–Crippen MR) is 84.8 cm³/mol. The van der Waals surface area contributed by atoms with Gasteiger partial charge in [0, 0.05) is 23.9 Å². The number of anilines is 1. The average molecular weight is 316 g/mol. The third-order valence-electron chi connectivity index (χ3n) is 2.85. The Kier molecular flexibility index (Phi) is 5.51. The first-order valence-corrected chi connectivity index (χ1v) is 6.98. The van der Waals surface area contributed by atoms with Crippen LogP contribution in [-0.2, 0) is 4.79 Å². The fourth-order valence-electron chi connectivity index (χ4n) is 1.84. The molecule has 0 aliphatic heterocycles. The van der Waals surface area contributed by atoms with Crippen molar-refractivity contribution in [3.8, 4) is 11.5 Å². The van der Waals surface area contributed by atoms with Gasteiger partial charge in [0.1, 0.15) is 11.5 Å². The number of nitrogens with zero attached hydrogens (tertiary/aromatic N) is 1. The van der Waals surface area contributed by atoms with E-state index in [1.165, 1.54) is 24.3 Å². The van der Waals surface area contributed by atoms with Crippen LogP contribution in [0.4, 0.5) is 11.4 Å². The topological polar surface area (TPSA) is 90.7 Å². The molecule has 1 N–H and O–H groups in total. The van der Waals surface area contributed by atoms with E-state index in [-0.39, 0.29) is 18.2 Å². The molecule has 0 aromatic heterocycles. The Morgan fingerprint density at radius 1 is 1.13 bits per heavy atom. The number of hydrogen-bond acceptors (Lipinski definition) is 5. The van der Waals surface area contributed by atoms with E-state index in [2.05, 4.69) is 5.32 Å². The molecule has 7 nitrogen and oxygen atoms in total. The van der Waals surface area contributed by atoms with Crippen molar-refractivity contribution in [2.45, 2.75) is 6.92 Å². The number of amides is 1. The number of nitro benzene ring substituents is 1. The third kappa shape index (κ3) is 4.99. The molecule has 0 spiro atoms. The summed E-state index contributed by atoms with van der Waals surface area (Å²) < 4.78 is 10.6. The number of carbonyl (C=O) groups is 1. The minimum absolute atomic E-state index is 0.0328. The molecule has 120 valence electrons. The maximum Gasteiger partial charge on any atom is 0.269 e. The fraction of sp³-hybridized carbons (Fsp3) is 0.188. The first kappa shape index (κ1) is 16.3. The lowest BCUT2D eigenvalue weighted by atomic mass is 10.3. The fourth-order valence-corrected chi connectivity index (χ4v) is 1.84. The first-order valence-electron chi connectivity index (χ1n) is 6.98. The predicted octanol–water partition coefficient (Wildman–Crippen LogP) is 3.01. The van der Waals surface area contributed by atoms with Crippen LogP contribution in [0.3, 0.4) is 0 Å². The Balaban J connectivity index is 1.87. The average Bonchev–Trinajstić information content (AvgIpc) is 2.54. The zero-order valence-electron chi connectivity index (χ0n) is 12.5. The van der Waals surface area contributed by atoms with Gasteiger partial charge in [-0.15, -0.1) is 0 Å². The van der Waals surface area contributed by atoms with Crippen LogP contribution >= 0.6 is 0 Å². The SMILES string of the molecule is CCOc1cccc(NC(=O)COc2ccc([N+](=O)[O-])cc2)c1. The summed E-state index contributed by atoms with van der Waals surface area (Å²) in [6.45, 7) is 2.22. The Morgan fingerprint density at radius 3 is 2.52 bits per heavy atom. The Hall–Kier alpha value is -3.09. The van der Waals surface area contributed by atoms with E-state index in [1.54, 1.807) is 24.3 Å². The van der Waals surface area contributed by atoms with Crippen LogP contribution in [0.25, 0.3) is 0 Å². The summed E-state index contributed by atoms with van der Waals surface area (Å²) in [6.07, 6.45) is 0. The second-order valence-corrected chi connectivity index (χ2v) is 4.55. The van der Waals surface area contributed by atoms with E-state index in [4.69, 9.17) is 9.47 Å².